The minimum atomic E-state index is 0.482. The molecule has 1 aliphatic rings. The third-order valence-electron chi connectivity index (χ3n) is 3.96. The Morgan fingerprint density at radius 2 is 2.17 bits per heavy atom. The zero-order valence-corrected chi connectivity index (χ0v) is 11.2. The summed E-state index contributed by atoms with van der Waals surface area (Å²) >= 11 is 0. The number of pyridine rings is 1. The van der Waals surface area contributed by atoms with Gasteiger partial charge in [-0.25, -0.2) is 0 Å². The zero-order chi connectivity index (χ0) is 13.0. The zero-order valence-electron chi connectivity index (χ0n) is 11.2. The highest BCUT2D eigenvalue weighted by Gasteiger charge is 2.27. The molecule has 3 nitrogen and oxygen atoms in total. The Bertz CT molecular complexity index is 434. The van der Waals surface area contributed by atoms with Crippen molar-refractivity contribution in [1.82, 2.24) is 4.98 Å². The summed E-state index contributed by atoms with van der Waals surface area (Å²) in [6, 6.07) is 4.48. The Balaban J connectivity index is 2.14. The van der Waals surface area contributed by atoms with Crippen molar-refractivity contribution >= 4 is 5.69 Å². The van der Waals surface area contributed by atoms with Crippen LogP contribution in [0.5, 0.6) is 0 Å². The lowest BCUT2D eigenvalue weighted by Gasteiger charge is -2.35. The Morgan fingerprint density at radius 3 is 2.89 bits per heavy atom. The highest BCUT2D eigenvalue weighted by molar-refractivity contribution is 5.56. The molecule has 0 saturated heterocycles. The number of rotatable bonds is 3. The Hall–Kier alpha value is -1.56. The van der Waals surface area contributed by atoms with E-state index >= 15 is 0 Å². The van der Waals surface area contributed by atoms with E-state index in [0.29, 0.717) is 23.4 Å². The van der Waals surface area contributed by atoms with Crippen molar-refractivity contribution < 1.29 is 0 Å². The van der Waals surface area contributed by atoms with Crippen molar-refractivity contribution in [2.24, 2.45) is 11.8 Å². The molecule has 1 N–H and O–H groups in total. The van der Waals surface area contributed by atoms with Gasteiger partial charge in [0.25, 0.3) is 0 Å². The van der Waals surface area contributed by atoms with Crippen LogP contribution in [0.3, 0.4) is 0 Å². The van der Waals surface area contributed by atoms with Gasteiger partial charge in [-0.05, 0) is 30.7 Å². The topological polar surface area (TPSA) is 48.7 Å². The SMILES string of the molecule is CC(C)C1CCCCC1Nc1cnccc1C#N. The molecule has 1 aliphatic carbocycles. The largest absolute Gasteiger partial charge is 0.380 e. The summed E-state index contributed by atoms with van der Waals surface area (Å²) in [5.41, 5.74) is 1.58. The first-order valence-corrected chi connectivity index (χ1v) is 6.83. The molecule has 2 rings (SSSR count). The molecule has 1 fully saturated rings. The molecule has 2 atom stereocenters. The van der Waals surface area contributed by atoms with Crippen molar-refractivity contribution in [2.75, 3.05) is 5.32 Å². The van der Waals surface area contributed by atoms with Crippen LogP contribution in [-0.4, -0.2) is 11.0 Å². The second-order valence-corrected chi connectivity index (χ2v) is 5.48. The van der Waals surface area contributed by atoms with Crippen LogP contribution < -0.4 is 5.32 Å². The first-order chi connectivity index (χ1) is 8.72. The maximum atomic E-state index is 9.11. The van der Waals surface area contributed by atoms with Crippen LogP contribution in [0.15, 0.2) is 18.5 Å². The number of hydrogen-bond donors (Lipinski definition) is 1. The molecule has 0 spiro atoms. The van der Waals surface area contributed by atoms with Gasteiger partial charge in [0.05, 0.1) is 17.4 Å². The van der Waals surface area contributed by atoms with Crippen LogP contribution in [-0.2, 0) is 0 Å². The summed E-state index contributed by atoms with van der Waals surface area (Å²) < 4.78 is 0. The van der Waals surface area contributed by atoms with E-state index in [1.807, 2.05) is 0 Å². The third kappa shape index (κ3) is 2.81. The van der Waals surface area contributed by atoms with Gasteiger partial charge in [0, 0.05) is 12.2 Å². The number of nitriles is 1. The van der Waals surface area contributed by atoms with Crippen LogP contribution in [0.2, 0.25) is 0 Å². The van der Waals surface area contributed by atoms with Gasteiger partial charge < -0.3 is 5.32 Å². The second-order valence-electron chi connectivity index (χ2n) is 5.48. The first kappa shape index (κ1) is 12.9. The van der Waals surface area contributed by atoms with E-state index in [2.05, 4.69) is 30.2 Å². The van der Waals surface area contributed by atoms with Crippen molar-refractivity contribution in [3.63, 3.8) is 0 Å². The van der Waals surface area contributed by atoms with E-state index in [4.69, 9.17) is 5.26 Å². The average Bonchev–Trinajstić information content (AvgIpc) is 2.40. The van der Waals surface area contributed by atoms with Gasteiger partial charge in [-0.3, -0.25) is 4.98 Å². The monoisotopic (exact) mass is 243 g/mol. The van der Waals surface area contributed by atoms with Crippen molar-refractivity contribution in [2.45, 2.75) is 45.6 Å². The maximum absolute atomic E-state index is 9.11. The lowest BCUT2D eigenvalue weighted by Crippen LogP contribution is -2.35. The van der Waals surface area contributed by atoms with Crippen molar-refractivity contribution in [1.29, 1.82) is 5.26 Å². The number of anilines is 1. The minimum Gasteiger partial charge on any atom is -0.380 e. The molecule has 0 bridgehead atoms. The fourth-order valence-corrected chi connectivity index (χ4v) is 2.94. The van der Waals surface area contributed by atoms with Crippen LogP contribution in [0.25, 0.3) is 0 Å². The molecule has 96 valence electrons. The first-order valence-electron chi connectivity index (χ1n) is 6.83. The van der Waals surface area contributed by atoms with Gasteiger partial charge in [-0.2, -0.15) is 5.26 Å². The van der Waals surface area contributed by atoms with Crippen LogP contribution in [0.4, 0.5) is 5.69 Å². The van der Waals surface area contributed by atoms with Gasteiger partial charge in [0.15, 0.2) is 0 Å². The summed E-state index contributed by atoms with van der Waals surface area (Å²) in [6.45, 7) is 4.58. The van der Waals surface area contributed by atoms with Gasteiger partial charge >= 0.3 is 0 Å². The number of nitrogens with zero attached hydrogens (tertiary/aromatic N) is 2. The fraction of sp³-hybridized carbons (Fsp3) is 0.600. The predicted molar refractivity (Wildman–Crippen MR) is 73.2 cm³/mol. The molecule has 1 heterocycles. The van der Waals surface area contributed by atoms with Crippen LogP contribution in [0.1, 0.15) is 45.1 Å². The van der Waals surface area contributed by atoms with Gasteiger partial charge in [-0.1, -0.05) is 26.7 Å². The molecular formula is C15H21N3. The van der Waals surface area contributed by atoms with Crippen LogP contribution >= 0.6 is 0 Å². The number of aromatic nitrogens is 1. The van der Waals surface area contributed by atoms with Gasteiger partial charge in [-0.15, -0.1) is 0 Å². The van der Waals surface area contributed by atoms with Crippen LogP contribution in [0, 0.1) is 23.2 Å². The van der Waals surface area contributed by atoms with E-state index in [0.717, 1.165) is 5.69 Å². The Labute approximate surface area is 109 Å². The lowest BCUT2D eigenvalue weighted by molar-refractivity contribution is 0.254. The van der Waals surface area contributed by atoms with Gasteiger partial charge in [0.2, 0.25) is 0 Å². The van der Waals surface area contributed by atoms with E-state index in [1.54, 1.807) is 18.5 Å². The summed E-state index contributed by atoms with van der Waals surface area (Å²) in [6.07, 6.45) is 8.54. The highest BCUT2D eigenvalue weighted by Crippen LogP contribution is 2.32. The minimum absolute atomic E-state index is 0.482. The lowest BCUT2D eigenvalue weighted by atomic mass is 9.77. The molecule has 0 amide bonds. The second kappa shape index (κ2) is 5.86. The van der Waals surface area contributed by atoms with Crippen molar-refractivity contribution in [3.05, 3.63) is 24.0 Å². The Morgan fingerprint density at radius 1 is 1.39 bits per heavy atom. The fourth-order valence-electron chi connectivity index (χ4n) is 2.94. The summed E-state index contributed by atoms with van der Waals surface area (Å²) in [5, 5.41) is 12.7. The molecule has 1 aromatic heterocycles. The molecule has 3 heteroatoms. The standard InChI is InChI=1S/C15H21N3/c1-11(2)13-5-3-4-6-14(13)18-15-10-17-8-7-12(15)9-16/h7-8,10-11,13-14,18H,3-6H2,1-2H3. The smallest absolute Gasteiger partial charge is 0.101 e. The molecular weight excluding hydrogens is 222 g/mol. The summed E-state index contributed by atoms with van der Waals surface area (Å²) in [4.78, 5) is 4.12. The summed E-state index contributed by atoms with van der Waals surface area (Å²) in [5.74, 6) is 1.38. The van der Waals surface area contributed by atoms with E-state index in [1.165, 1.54) is 25.7 Å². The predicted octanol–water partition coefficient (Wildman–Crippen LogP) is 3.58. The van der Waals surface area contributed by atoms with Crippen molar-refractivity contribution in [3.8, 4) is 6.07 Å². The molecule has 0 aliphatic heterocycles. The molecule has 2 unspecified atom stereocenters. The third-order valence-corrected chi connectivity index (χ3v) is 3.96. The maximum Gasteiger partial charge on any atom is 0.101 e. The van der Waals surface area contributed by atoms with Gasteiger partial charge in [0.1, 0.15) is 6.07 Å². The van der Waals surface area contributed by atoms with E-state index in [9.17, 15) is 0 Å². The normalized spacial score (nSPS) is 23.7. The van der Waals surface area contributed by atoms with E-state index < -0.39 is 0 Å². The highest BCUT2D eigenvalue weighted by atomic mass is 14.9. The summed E-state index contributed by atoms with van der Waals surface area (Å²) in [7, 11) is 0. The Kier molecular flexibility index (Phi) is 4.19. The molecule has 18 heavy (non-hydrogen) atoms. The quantitative estimate of drug-likeness (QED) is 0.882. The molecule has 0 aromatic carbocycles. The van der Waals surface area contributed by atoms with E-state index in [-0.39, 0.29) is 0 Å². The number of nitrogens with one attached hydrogen (secondary N) is 1. The number of hydrogen-bond acceptors (Lipinski definition) is 3. The average molecular weight is 243 g/mol. The molecule has 0 radical (unpaired) electrons. The molecule has 1 aromatic rings. The molecule has 1 saturated carbocycles.